The van der Waals surface area contributed by atoms with E-state index in [0.717, 1.165) is 5.56 Å². The molecule has 2 aromatic carbocycles. The molecule has 2 aliphatic heterocycles. The fourth-order valence-corrected chi connectivity index (χ4v) is 3.86. The van der Waals surface area contributed by atoms with Crippen molar-refractivity contribution in [2.45, 2.75) is 37.2 Å². The lowest BCUT2D eigenvalue weighted by Crippen LogP contribution is -2.48. The Kier molecular flexibility index (Phi) is 5.10. The van der Waals surface area contributed by atoms with Gasteiger partial charge >= 0.3 is 0 Å². The molecule has 4 atom stereocenters. The van der Waals surface area contributed by atoms with Crippen LogP contribution in [0, 0.1) is 0 Å². The van der Waals surface area contributed by atoms with Crippen LogP contribution in [0.5, 0.6) is 17.2 Å². The number of aromatic hydroxyl groups is 2. The van der Waals surface area contributed by atoms with Crippen LogP contribution in [0.25, 0.3) is 5.76 Å². The summed E-state index contributed by atoms with van der Waals surface area (Å²) < 4.78 is 12.0. The van der Waals surface area contributed by atoms with E-state index in [-0.39, 0.29) is 30.2 Å². The first kappa shape index (κ1) is 19.5. The van der Waals surface area contributed by atoms with Gasteiger partial charge in [0.15, 0.2) is 0 Å². The maximum Gasteiger partial charge on any atom is 0.142 e. The number of aliphatic hydroxyl groups excluding tert-OH is 2. The number of anilines is 1. The highest BCUT2D eigenvalue weighted by Crippen LogP contribution is 2.47. The van der Waals surface area contributed by atoms with Crippen molar-refractivity contribution in [2.75, 3.05) is 12.3 Å². The molecule has 0 radical (unpaired) electrons. The molecule has 0 spiro atoms. The number of phenols is 2. The zero-order chi connectivity index (χ0) is 20.7. The summed E-state index contributed by atoms with van der Waals surface area (Å²) in [6.45, 7) is -0.357. The van der Waals surface area contributed by atoms with Gasteiger partial charge in [0, 0.05) is 40.9 Å². The van der Waals surface area contributed by atoms with E-state index in [2.05, 4.69) is 0 Å². The second kappa shape index (κ2) is 7.57. The molecule has 2 aliphatic rings. The molecule has 0 saturated carbocycles. The van der Waals surface area contributed by atoms with Crippen LogP contribution in [0.2, 0.25) is 0 Å². The monoisotopic (exact) mass is 400 g/mol. The van der Waals surface area contributed by atoms with Gasteiger partial charge in [0.2, 0.25) is 0 Å². The zero-order valence-corrected chi connectivity index (χ0v) is 15.7. The van der Waals surface area contributed by atoms with Crippen molar-refractivity contribution in [1.29, 1.82) is 0 Å². The molecule has 2 heterocycles. The van der Waals surface area contributed by atoms with E-state index in [1.807, 2.05) is 6.08 Å². The molecule has 2 unspecified atom stereocenters. The molecule has 154 valence electrons. The summed E-state index contributed by atoms with van der Waals surface area (Å²) in [5.41, 5.74) is 14.5. The Bertz CT molecular complexity index is 943. The van der Waals surface area contributed by atoms with Gasteiger partial charge in [-0.25, -0.2) is 0 Å². The third-order valence-corrected chi connectivity index (χ3v) is 5.40. The minimum atomic E-state index is -0.881. The van der Waals surface area contributed by atoms with E-state index in [4.69, 9.17) is 20.9 Å². The highest BCUT2D eigenvalue weighted by atomic mass is 16.5. The molecule has 1 saturated heterocycles. The van der Waals surface area contributed by atoms with E-state index in [1.54, 1.807) is 24.3 Å². The van der Waals surface area contributed by atoms with Crippen LogP contribution in [0.1, 0.15) is 29.2 Å². The second-order valence-corrected chi connectivity index (χ2v) is 7.37. The number of nitrogen functional groups attached to an aromatic ring is 1. The average Bonchev–Trinajstić information content (AvgIpc) is 2.69. The lowest BCUT2D eigenvalue weighted by Gasteiger charge is -2.39. The summed E-state index contributed by atoms with van der Waals surface area (Å²) in [7, 11) is 0. The number of hydrogen-bond donors (Lipinski definition) is 6. The Morgan fingerprint density at radius 3 is 2.55 bits per heavy atom. The number of phenolic OH excluding ortho intramolecular Hbond substituents is 2. The predicted molar refractivity (Wildman–Crippen MR) is 106 cm³/mol. The van der Waals surface area contributed by atoms with E-state index in [0.29, 0.717) is 29.1 Å². The maximum absolute atomic E-state index is 10.4. The van der Waals surface area contributed by atoms with Crippen molar-refractivity contribution in [3.63, 3.8) is 0 Å². The highest BCUT2D eigenvalue weighted by molar-refractivity contribution is 5.72. The van der Waals surface area contributed by atoms with Crippen molar-refractivity contribution in [3.8, 4) is 17.2 Å². The molecule has 0 aliphatic carbocycles. The summed E-state index contributed by atoms with van der Waals surface area (Å²) in [4.78, 5) is 0. The number of allylic oxidation sites excluding steroid dienone is 1. The van der Waals surface area contributed by atoms with E-state index < -0.39 is 24.4 Å². The van der Waals surface area contributed by atoms with Gasteiger partial charge in [-0.05, 0) is 36.8 Å². The standard InChI is InChI=1S/C21H24N2O6/c22-13-7-15(26)12-5-6-17(10-1-3-11(25)4-2-10)28-20(12)19(13)21-14(23)8-16(27)18(9-24)29-21/h1-4,6-7,14,16,18,21,24-27H,5,8-9,22-23H2/t14-,16+,18?,21?/m1/s1. The maximum atomic E-state index is 10.4. The molecule has 0 amide bonds. The van der Waals surface area contributed by atoms with Crippen molar-refractivity contribution < 1.29 is 29.9 Å². The minimum absolute atomic E-state index is 0.00498. The van der Waals surface area contributed by atoms with Gasteiger partial charge in [-0.1, -0.05) is 0 Å². The van der Waals surface area contributed by atoms with Crippen LogP contribution in [-0.4, -0.2) is 45.3 Å². The fourth-order valence-electron chi connectivity index (χ4n) is 3.86. The van der Waals surface area contributed by atoms with Crippen molar-refractivity contribution >= 4 is 11.4 Å². The van der Waals surface area contributed by atoms with Crippen LogP contribution < -0.4 is 16.2 Å². The third kappa shape index (κ3) is 3.51. The number of aliphatic hydroxyl groups is 2. The first-order valence-electron chi connectivity index (χ1n) is 9.40. The molecular formula is C21H24N2O6. The number of benzene rings is 2. The largest absolute Gasteiger partial charge is 0.508 e. The van der Waals surface area contributed by atoms with Gasteiger partial charge < -0.3 is 41.4 Å². The van der Waals surface area contributed by atoms with Gasteiger partial charge in [0.05, 0.1) is 12.7 Å². The fraction of sp³-hybridized carbons (Fsp3) is 0.333. The highest BCUT2D eigenvalue weighted by Gasteiger charge is 2.39. The van der Waals surface area contributed by atoms with Gasteiger partial charge in [0.25, 0.3) is 0 Å². The number of rotatable bonds is 3. The Labute approximate surface area is 167 Å². The van der Waals surface area contributed by atoms with Crippen LogP contribution in [0.4, 0.5) is 5.69 Å². The topological polar surface area (TPSA) is 151 Å². The molecule has 1 fully saturated rings. The first-order valence-corrected chi connectivity index (χ1v) is 9.40. The number of hydrogen-bond acceptors (Lipinski definition) is 8. The number of nitrogens with two attached hydrogens (primary N) is 2. The second-order valence-electron chi connectivity index (χ2n) is 7.37. The SMILES string of the molecule is Nc1cc(O)c2c(c1C1OC(CO)[C@@H](O)C[C@H]1N)OC(c1ccc(O)cc1)=CC2. The van der Waals surface area contributed by atoms with Crippen molar-refractivity contribution in [2.24, 2.45) is 5.73 Å². The Morgan fingerprint density at radius 2 is 1.86 bits per heavy atom. The molecule has 29 heavy (non-hydrogen) atoms. The quantitative estimate of drug-likeness (QED) is 0.420. The summed E-state index contributed by atoms with van der Waals surface area (Å²) in [5, 5.41) is 39.5. The van der Waals surface area contributed by atoms with Gasteiger partial charge in [-0.2, -0.15) is 0 Å². The van der Waals surface area contributed by atoms with Crippen molar-refractivity contribution in [1.82, 2.24) is 0 Å². The van der Waals surface area contributed by atoms with Crippen LogP contribution in [-0.2, 0) is 11.2 Å². The Morgan fingerprint density at radius 1 is 1.14 bits per heavy atom. The summed E-state index contributed by atoms with van der Waals surface area (Å²) in [6, 6.07) is 7.42. The summed E-state index contributed by atoms with van der Waals surface area (Å²) in [5.74, 6) is 1.06. The van der Waals surface area contributed by atoms with Crippen LogP contribution in [0.3, 0.4) is 0 Å². The molecule has 8 nitrogen and oxygen atoms in total. The van der Waals surface area contributed by atoms with Gasteiger partial charge in [-0.3, -0.25) is 0 Å². The van der Waals surface area contributed by atoms with E-state index in [1.165, 1.54) is 6.07 Å². The van der Waals surface area contributed by atoms with E-state index >= 15 is 0 Å². The first-order chi connectivity index (χ1) is 13.9. The van der Waals surface area contributed by atoms with E-state index in [9.17, 15) is 20.4 Å². The number of ether oxygens (including phenoxy) is 2. The molecule has 0 aromatic heterocycles. The third-order valence-electron chi connectivity index (χ3n) is 5.40. The lowest BCUT2D eigenvalue weighted by molar-refractivity contribution is -0.143. The van der Waals surface area contributed by atoms with Crippen molar-refractivity contribution in [3.05, 3.63) is 53.1 Å². The average molecular weight is 400 g/mol. The Balaban J connectivity index is 1.75. The summed E-state index contributed by atoms with van der Waals surface area (Å²) >= 11 is 0. The molecule has 2 aromatic rings. The zero-order valence-electron chi connectivity index (χ0n) is 15.7. The molecule has 0 bridgehead atoms. The molecule has 8 N–H and O–H groups in total. The lowest BCUT2D eigenvalue weighted by atomic mass is 9.88. The normalized spacial score (nSPS) is 26.4. The number of fused-ring (bicyclic) bond motifs is 1. The predicted octanol–water partition coefficient (Wildman–Crippen LogP) is 1.17. The minimum Gasteiger partial charge on any atom is -0.508 e. The molecule has 4 rings (SSSR count). The molecular weight excluding hydrogens is 376 g/mol. The smallest absolute Gasteiger partial charge is 0.142 e. The van der Waals surface area contributed by atoms with Gasteiger partial charge in [-0.15, -0.1) is 0 Å². The van der Waals surface area contributed by atoms with Gasteiger partial charge in [0.1, 0.15) is 35.2 Å². The van der Waals surface area contributed by atoms with Crippen LogP contribution >= 0.6 is 0 Å². The van der Waals surface area contributed by atoms with Crippen LogP contribution in [0.15, 0.2) is 36.4 Å². The molecule has 8 heteroatoms. The Hall–Kier alpha value is -2.78. The summed E-state index contributed by atoms with van der Waals surface area (Å²) in [6.07, 6.45) is 0.0675.